The van der Waals surface area contributed by atoms with Gasteiger partial charge in [0.15, 0.2) is 11.6 Å². The summed E-state index contributed by atoms with van der Waals surface area (Å²) in [6.07, 6.45) is 4.95. The van der Waals surface area contributed by atoms with E-state index in [9.17, 15) is 4.39 Å². The number of benzene rings is 1. The van der Waals surface area contributed by atoms with E-state index in [1.165, 1.54) is 6.07 Å². The maximum atomic E-state index is 14.2. The van der Waals surface area contributed by atoms with Crippen molar-refractivity contribution >= 4 is 0 Å². The van der Waals surface area contributed by atoms with Crippen LogP contribution < -0.4 is 10.1 Å². The molecule has 3 aromatic rings. The van der Waals surface area contributed by atoms with Crippen molar-refractivity contribution < 1.29 is 9.13 Å². The van der Waals surface area contributed by atoms with Crippen LogP contribution in [0.2, 0.25) is 0 Å². The maximum absolute atomic E-state index is 14.2. The number of nitrogens with one attached hydrogen (secondary N) is 1. The van der Waals surface area contributed by atoms with E-state index in [1.807, 2.05) is 30.8 Å². The van der Waals surface area contributed by atoms with Gasteiger partial charge in [0.2, 0.25) is 0 Å². The van der Waals surface area contributed by atoms with Gasteiger partial charge in [-0.1, -0.05) is 6.07 Å². The Morgan fingerprint density at radius 2 is 2.12 bits per heavy atom. The smallest absolute Gasteiger partial charge is 0.166 e. The summed E-state index contributed by atoms with van der Waals surface area (Å²) < 4.78 is 21.5. The van der Waals surface area contributed by atoms with E-state index in [4.69, 9.17) is 4.74 Å². The average molecular weight is 326 g/mol. The maximum Gasteiger partial charge on any atom is 0.166 e. The van der Waals surface area contributed by atoms with Crippen molar-refractivity contribution in [2.24, 2.45) is 7.05 Å². The molecule has 3 rings (SSSR count). The fourth-order valence-electron chi connectivity index (χ4n) is 2.46. The van der Waals surface area contributed by atoms with Gasteiger partial charge in [-0.15, -0.1) is 0 Å². The number of ether oxygens (including phenoxy) is 1. The fraction of sp³-hybridized carbons (Fsp3) is 0.222. The standard InChI is InChI=1S/C18H19FN4O/c1-13(17-7-9-22-23(17)2)21-11-14-5-6-18(16(19)10-14)24-15-4-3-8-20-12-15/h3-10,12-13,21H,11H2,1-2H3. The molecule has 24 heavy (non-hydrogen) atoms. The highest BCUT2D eigenvalue weighted by molar-refractivity contribution is 5.33. The minimum absolute atomic E-state index is 0.117. The summed E-state index contributed by atoms with van der Waals surface area (Å²) in [5.41, 5.74) is 1.92. The number of aryl methyl sites for hydroxylation is 1. The second-order valence-electron chi connectivity index (χ2n) is 5.54. The number of hydrogen-bond donors (Lipinski definition) is 1. The van der Waals surface area contributed by atoms with Crippen LogP contribution in [0.3, 0.4) is 0 Å². The van der Waals surface area contributed by atoms with Gasteiger partial charge in [0.1, 0.15) is 5.75 Å². The quantitative estimate of drug-likeness (QED) is 0.752. The normalized spacial score (nSPS) is 12.1. The summed E-state index contributed by atoms with van der Waals surface area (Å²) in [6, 6.07) is 10.5. The van der Waals surface area contributed by atoms with Crippen LogP contribution >= 0.6 is 0 Å². The van der Waals surface area contributed by atoms with Gasteiger partial charge in [0.25, 0.3) is 0 Å². The lowest BCUT2D eigenvalue weighted by Gasteiger charge is -2.14. The predicted octanol–water partition coefficient (Wildman–Crippen LogP) is 3.60. The van der Waals surface area contributed by atoms with E-state index < -0.39 is 5.82 Å². The lowest BCUT2D eigenvalue weighted by molar-refractivity contribution is 0.439. The van der Waals surface area contributed by atoms with E-state index in [2.05, 4.69) is 15.4 Å². The molecule has 0 aliphatic carbocycles. The van der Waals surface area contributed by atoms with E-state index in [1.54, 1.807) is 36.8 Å². The number of rotatable bonds is 6. The van der Waals surface area contributed by atoms with Gasteiger partial charge >= 0.3 is 0 Å². The topological polar surface area (TPSA) is 52.0 Å². The highest BCUT2D eigenvalue weighted by Crippen LogP contribution is 2.24. The summed E-state index contributed by atoms with van der Waals surface area (Å²) in [5, 5.41) is 7.51. The Labute approximate surface area is 140 Å². The zero-order valence-corrected chi connectivity index (χ0v) is 13.6. The first kappa shape index (κ1) is 16.1. The van der Waals surface area contributed by atoms with Gasteiger partial charge in [-0.05, 0) is 42.8 Å². The molecule has 1 unspecified atom stereocenters. The van der Waals surface area contributed by atoms with Crippen LogP contribution in [0.4, 0.5) is 4.39 Å². The average Bonchev–Trinajstić information content (AvgIpc) is 3.02. The second kappa shape index (κ2) is 7.23. The van der Waals surface area contributed by atoms with Crippen LogP contribution in [0, 0.1) is 5.82 Å². The Bertz CT molecular complexity index is 804. The van der Waals surface area contributed by atoms with Crippen LogP contribution in [0.1, 0.15) is 24.2 Å². The lowest BCUT2D eigenvalue weighted by atomic mass is 10.1. The molecule has 1 atom stereocenters. The molecule has 1 aromatic carbocycles. The molecule has 1 N–H and O–H groups in total. The Morgan fingerprint density at radius 3 is 2.79 bits per heavy atom. The Balaban J connectivity index is 1.63. The zero-order chi connectivity index (χ0) is 16.9. The van der Waals surface area contributed by atoms with Crippen molar-refractivity contribution in [3.05, 3.63) is 72.1 Å². The Morgan fingerprint density at radius 1 is 1.25 bits per heavy atom. The molecule has 0 aliphatic heterocycles. The first-order chi connectivity index (χ1) is 11.6. The molecule has 0 bridgehead atoms. The van der Waals surface area contributed by atoms with E-state index in [-0.39, 0.29) is 11.8 Å². The monoisotopic (exact) mass is 326 g/mol. The molecule has 0 radical (unpaired) electrons. The lowest BCUT2D eigenvalue weighted by Crippen LogP contribution is -2.20. The number of nitrogens with zero attached hydrogens (tertiary/aromatic N) is 3. The van der Waals surface area contributed by atoms with Crippen molar-refractivity contribution in [2.75, 3.05) is 0 Å². The SMILES string of the molecule is CC(NCc1ccc(Oc2cccnc2)c(F)c1)c1ccnn1C. The second-order valence-corrected chi connectivity index (χ2v) is 5.54. The number of pyridine rings is 1. The van der Waals surface area contributed by atoms with Gasteiger partial charge in [-0.3, -0.25) is 9.67 Å². The molecule has 124 valence electrons. The molecular weight excluding hydrogens is 307 g/mol. The van der Waals surface area contributed by atoms with Crippen LogP contribution in [0.25, 0.3) is 0 Å². The number of aromatic nitrogens is 3. The molecular formula is C18H19FN4O. The van der Waals surface area contributed by atoms with Crippen LogP contribution in [0.15, 0.2) is 55.0 Å². The molecule has 6 heteroatoms. The molecule has 0 fully saturated rings. The first-order valence-corrected chi connectivity index (χ1v) is 7.71. The molecule has 0 saturated heterocycles. The van der Waals surface area contributed by atoms with Crippen molar-refractivity contribution in [1.29, 1.82) is 0 Å². The first-order valence-electron chi connectivity index (χ1n) is 7.71. The van der Waals surface area contributed by atoms with Crippen molar-refractivity contribution in [3.8, 4) is 11.5 Å². The highest BCUT2D eigenvalue weighted by Gasteiger charge is 2.10. The van der Waals surface area contributed by atoms with Crippen LogP contribution in [0.5, 0.6) is 11.5 Å². The van der Waals surface area contributed by atoms with Gasteiger partial charge < -0.3 is 10.1 Å². The summed E-state index contributed by atoms with van der Waals surface area (Å²) in [4.78, 5) is 3.94. The molecule has 0 saturated carbocycles. The van der Waals surface area contributed by atoms with Gasteiger partial charge in [0, 0.05) is 32.0 Å². The van der Waals surface area contributed by atoms with Crippen molar-refractivity contribution in [2.45, 2.75) is 19.5 Å². The van der Waals surface area contributed by atoms with Gasteiger partial charge in [-0.2, -0.15) is 5.10 Å². The summed E-state index contributed by atoms with van der Waals surface area (Å²) in [6.45, 7) is 2.60. The highest BCUT2D eigenvalue weighted by atomic mass is 19.1. The summed E-state index contributed by atoms with van der Waals surface area (Å²) in [7, 11) is 1.90. The van der Waals surface area contributed by atoms with Gasteiger partial charge in [0.05, 0.1) is 11.9 Å². The molecule has 2 aromatic heterocycles. The third-order valence-corrected chi connectivity index (χ3v) is 3.77. The Hall–Kier alpha value is -2.73. The largest absolute Gasteiger partial charge is 0.453 e. The molecule has 5 nitrogen and oxygen atoms in total. The van der Waals surface area contributed by atoms with Gasteiger partial charge in [-0.25, -0.2) is 4.39 Å². The van der Waals surface area contributed by atoms with E-state index in [0.717, 1.165) is 11.3 Å². The number of halogens is 1. The Kier molecular flexibility index (Phi) is 4.86. The molecule has 0 amide bonds. The van der Waals surface area contributed by atoms with E-state index in [0.29, 0.717) is 12.3 Å². The van der Waals surface area contributed by atoms with E-state index >= 15 is 0 Å². The fourth-order valence-corrected chi connectivity index (χ4v) is 2.46. The van der Waals surface area contributed by atoms with Crippen molar-refractivity contribution in [1.82, 2.24) is 20.1 Å². The third-order valence-electron chi connectivity index (χ3n) is 3.77. The zero-order valence-electron chi connectivity index (χ0n) is 13.6. The van der Waals surface area contributed by atoms with Crippen LogP contribution in [-0.4, -0.2) is 14.8 Å². The minimum Gasteiger partial charge on any atom is -0.453 e. The minimum atomic E-state index is -0.397. The molecule has 0 spiro atoms. The third kappa shape index (κ3) is 3.78. The van der Waals surface area contributed by atoms with Crippen LogP contribution in [-0.2, 0) is 13.6 Å². The molecule has 0 aliphatic rings. The summed E-state index contributed by atoms with van der Waals surface area (Å²) in [5.74, 6) is 0.296. The predicted molar refractivity (Wildman–Crippen MR) is 89.2 cm³/mol. The van der Waals surface area contributed by atoms with Crippen molar-refractivity contribution in [3.63, 3.8) is 0 Å². The molecule has 2 heterocycles. The number of hydrogen-bond acceptors (Lipinski definition) is 4. The summed E-state index contributed by atoms with van der Waals surface area (Å²) >= 11 is 0.